The highest BCUT2D eigenvalue weighted by atomic mass is 16.4. The average molecular weight is 461 g/mol. The fourth-order valence-corrected chi connectivity index (χ4v) is 4.01. The van der Waals surface area contributed by atoms with Gasteiger partial charge in [-0.1, -0.05) is 27.7 Å². The van der Waals surface area contributed by atoms with Crippen LogP contribution in [0.2, 0.25) is 0 Å². The molecule has 0 spiro atoms. The smallest absolute Gasteiger partial charge is 0.335 e. The van der Waals surface area contributed by atoms with Gasteiger partial charge in [0.1, 0.15) is 11.6 Å². The van der Waals surface area contributed by atoms with Crippen molar-refractivity contribution in [2.75, 3.05) is 6.54 Å². The summed E-state index contributed by atoms with van der Waals surface area (Å²) in [6.07, 6.45) is -0.0526. The average Bonchev–Trinajstić information content (AvgIpc) is 3.42. The third-order valence-electron chi connectivity index (χ3n) is 6.11. The van der Waals surface area contributed by atoms with Crippen LogP contribution in [0.4, 0.5) is 0 Å². The molecular formula is C23H32N4O6. The highest BCUT2D eigenvalue weighted by molar-refractivity contribution is 5.92. The molecule has 10 heteroatoms. The topological polar surface area (TPSA) is 159 Å². The van der Waals surface area contributed by atoms with E-state index >= 15 is 0 Å². The van der Waals surface area contributed by atoms with Crippen LogP contribution in [0.15, 0.2) is 22.6 Å². The zero-order valence-electron chi connectivity index (χ0n) is 19.3. The van der Waals surface area contributed by atoms with Crippen molar-refractivity contribution in [3.63, 3.8) is 0 Å². The Morgan fingerprint density at radius 3 is 2.52 bits per heavy atom. The lowest BCUT2D eigenvalue weighted by molar-refractivity contribution is -0.140. The van der Waals surface area contributed by atoms with E-state index in [4.69, 9.17) is 15.3 Å². The summed E-state index contributed by atoms with van der Waals surface area (Å²) in [7, 11) is 0. The fourth-order valence-electron chi connectivity index (χ4n) is 4.01. The van der Waals surface area contributed by atoms with Crippen LogP contribution >= 0.6 is 0 Å². The first-order chi connectivity index (χ1) is 15.5. The molecule has 2 aromatic rings. The number of rotatable bonds is 8. The molecule has 1 saturated heterocycles. The van der Waals surface area contributed by atoms with Gasteiger partial charge in [0.25, 0.3) is 0 Å². The number of nitrogens with two attached hydrogens (primary N) is 1. The summed E-state index contributed by atoms with van der Waals surface area (Å²) in [4.78, 5) is 42.8. The number of amides is 2. The number of aliphatic hydroxyl groups excluding tert-OH is 1. The Kier molecular flexibility index (Phi) is 7.38. The second-order valence-electron chi connectivity index (χ2n) is 9.22. The van der Waals surface area contributed by atoms with Gasteiger partial charge in [0.15, 0.2) is 11.7 Å². The molecule has 3 rings (SSSR count). The van der Waals surface area contributed by atoms with Gasteiger partial charge in [-0.3, -0.25) is 9.59 Å². The molecule has 1 unspecified atom stereocenters. The van der Waals surface area contributed by atoms with Crippen molar-refractivity contribution in [3.8, 4) is 0 Å². The Morgan fingerprint density at radius 1 is 1.21 bits per heavy atom. The molecule has 5 N–H and O–H groups in total. The summed E-state index contributed by atoms with van der Waals surface area (Å²) in [5.74, 6) is -1.96. The van der Waals surface area contributed by atoms with E-state index in [1.165, 1.54) is 23.1 Å². The SMILES string of the molecule is CC(C)[C@H](NC(=O)[C@@H]1CCCN1C(=O)[C@@H](N)C(C)C)C(O)c1nc2cc(C(=O)O)ccc2o1. The summed E-state index contributed by atoms with van der Waals surface area (Å²) in [6, 6.07) is 2.16. The van der Waals surface area contributed by atoms with Gasteiger partial charge in [0, 0.05) is 6.54 Å². The first-order valence-corrected chi connectivity index (χ1v) is 11.2. The molecule has 1 aliphatic rings. The molecule has 0 radical (unpaired) electrons. The maximum absolute atomic E-state index is 13.1. The van der Waals surface area contributed by atoms with E-state index in [9.17, 15) is 19.5 Å². The third-order valence-corrected chi connectivity index (χ3v) is 6.11. The van der Waals surface area contributed by atoms with E-state index in [0.29, 0.717) is 30.5 Å². The summed E-state index contributed by atoms with van der Waals surface area (Å²) in [6.45, 7) is 7.86. The van der Waals surface area contributed by atoms with Crippen molar-refractivity contribution in [1.29, 1.82) is 0 Å². The van der Waals surface area contributed by atoms with Gasteiger partial charge >= 0.3 is 5.97 Å². The van der Waals surface area contributed by atoms with Gasteiger partial charge in [-0.2, -0.15) is 0 Å². The number of likely N-dealkylation sites (tertiary alicyclic amines) is 1. The number of nitrogens with one attached hydrogen (secondary N) is 1. The minimum absolute atomic E-state index is 0.0206. The van der Waals surface area contributed by atoms with E-state index in [1.54, 1.807) is 0 Å². The highest BCUT2D eigenvalue weighted by Crippen LogP contribution is 2.27. The molecule has 33 heavy (non-hydrogen) atoms. The van der Waals surface area contributed by atoms with Crippen molar-refractivity contribution in [1.82, 2.24) is 15.2 Å². The number of aromatic carboxylic acids is 1. The molecule has 2 amide bonds. The molecule has 1 aromatic carbocycles. The number of carboxylic acids is 1. The van der Waals surface area contributed by atoms with Gasteiger partial charge in [-0.25, -0.2) is 9.78 Å². The first-order valence-electron chi connectivity index (χ1n) is 11.2. The summed E-state index contributed by atoms with van der Waals surface area (Å²) < 4.78 is 5.63. The molecule has 1 aliphatic heterocycles. The number of nitrogens with zero attached hydrogens (tertiary/aromatic N) is 2. The van der Waals surface area contributed by atoms with Crippen molar-refractivity contribution in [2.24, 2.45) is 17.6 Å². The zero-order valence-corrected chi connectivity index (χ0v) is 19.3. The first kappa shape index (κ1) is 24.7. The van der Waals surface area contributed by atoms with Crippen LogP contribution in [0, 0.1) is 11.8 Å². The van der Waals surface area contributed by atoms with Gasteiger partial charge < -0.3 is 30.6 Å². The van der Waals surface area contributed by atoms with Gasteiger partial charge in [-0.15, -0.1) is 0 Å². The van der Waals surface area contributed by atoms with Crippen LogP contribution in [-0.2, 0) is 9.59 Å². The molecule has 0 bridgehead atoms. The summed E-state index contributed by atoms with van der Waals surface area (Å²) in [5.41, 5.74) is 6.70. The largest absolute Gasteiger partial charge is 0.478 e. The molecule has 1 fully saturated rings. The number of benzene rings is 1. The number of carbonyl (C=O) groups is 3. The molecule has 4 atom stereocenters. The maximum Gasteiger partial charge on any atom is 0.335 e. The number of carboxylic acid groups (broad SMARTS) is 1. The minimum Gasteiger partial charge on any atom is -0.478 e. The normalized spacial score (nSPS) is 19.2. The van der Waals surface area contributed by atoms with Gasteiger partial charge in [0.05, 0.1) is 17.6 Å². The zero-order chi connectivity index (χ0) is 24.4. The van der Waals surface area contributed by atoms with E-state index in [-0.39, 0.29) is 35.1 Å². The third kappa shape index (κ3) is 5.17. The number of fused-ring (bicyclic) bond motifs is 1. The molecule has 10 nitrogen and oxygen atoms in total. The van der Waals surface area contributed by atoms with Crippen molar-refractivity contribution >= 4 is 28.9 Å². The highest BCUT2D eigenvalue weighted by Gasteiger charge is 2.39. The lowest BCUT2D eigenvalue weighted by atomic mass is 9.97. The predicted octanol–water partition coefficient (Wildman–Crippen LogP) is 1.67. The lowest BCUT2D eigenvalue weighted by Gasteiger charge is -2.31. The second kappa shape index (κ2) is 9.88. The Morgan fingerprint density at radius 2 is 1.91 bits per heavy atom. The molecular weight excluding hydrogens is 428 g/mol. The van der Waals surface area contributed by atoms with E-state index < -0.39 is 30.2 Å². The summed E-state index contributed by atoms with van der Waals surface area (Å²) >= 11 is 0. The number of hydrogen-bond donors (Lipinski definition) is 4. The number of oxazole rings is 1. The Hall–Kier alpha value is -2.98. The maximum atomic E-state index is 13.1. The number of aromatic nitrogens is 1. The van der Waals surface area contributed by atoms with Crippen LogP contribution in [0.1, 0.15) is 62.9 Å². The van der Waals surface area contributed by atoms with E-state index in [0.717, 1.165) is 0 Å². The molecule has 0 saturated carbocycles. The Labute approximate surface area is 192 Å². The van der Waals surface area contributed by atoms with E-state index in [1.807, 2.05) is 27.7 Å². The molecule has 2 heterocycles. The van der Waals surface area contributed by atoms with Gasteiger partial charge in [0.2, 0.25) is 17.7 Å². The second-order valence-corrected chi connectivity index (χ2v) is 9.22. The quantitative estimate of drug-likeness (QED) is 0.463. The molecule has 0 aliphatic carbocycles. The van der Waals surface area contributed by atoms with Crippen LogP contribution in [0.25, 0.3) is 11.1 Å². The van der Waals surface area contributed by atoms with Crippen molar-refractivity contribution in [3.05, 3.63) is 29.7 Å². The Balaban J connectivity index is 1.78. The van der Waals surface area contributed by atoms with Crippen LogP contribution < -0.4 is 11.1 Å². The van der Waals surface area contributed by atoms with E-state index in [2.05, 4.69) is 10.3 Å². The predicted molar refractivity (Wildman–Crippen MR) is 120 cm³/mol. The van der Waals surface area contributed by atoms with Crippen LogP contribution in [0.3, 0.4) is 0 Å². The van der Waals surface area contributed by atoms with Crippen molar-refractivity contribution in [2.45, 2.75) is 64.8 Å². The van der Waals surface area contributed by atoms with Crippen LogP contribution in [0.5, 0.6) is 0 Å². The molecule has 1 aromatic heterocycles. The van der Waals surface area contributed by atoms with Gasteiger partial charge in [-0.05, 0) is 42.9 Å². The monoisotopic (exact) mass is 460 g/mol. The molecule has 180 valence electrons. The minimum atomic E-state index is -1.27. The number of carbonyl (C=O) groups excluding carboxylic acids is 2. The number of hydrogen-bond acceptors (Lipinski definition) is 7. The van der Waals surface area contributed by atoms with Crippen LogP contribution in [-0.4, -0.2) is 62.6 Å². The lowest BCUT2D eigenvalue weighted by Crippen LogP contribution is -2.55. The number of aliphatic hydroxyl groups is 1. The van der Waals surface area contributed by atoms with Crippen molar-refractivity contribution < 1.29 is 29.0 Å². The summed E-state index contributed by atoms with van der Waals surface area (Å²) in [5, 5.41) is 23.0. The standard InChI is InChI=1S/C23H32N4O6/c1-11(2)17(24)22(30)27-9-5-6-15(27)20(29)26-18(12(3)4)19(28)21-25-14-10-13(23(31)32)7-8-16(14)33-21/h7-8,10-12,15,17-19,28H,5-6,9,24H2,1-4H3,(H,26,29)(H,31,32)/t15-,17-,18-,19?/m0/s1. The fraction of sp³-hybridized carbons (Fsp3) is 0.565. The Bertz CT molecular complexity index is 1030.